The van der Waals surface area contributed by atoms with Crippen molar-refractivity contribution in [1.82, 2.24) is 15.7 Å². The van der Waals surface area contributed by atoms with Crippen LogP contribution in [-0.2, 0) is 11.3 Å². The van der Waals surface area contributed by atoms with E-state index in [9.17, 15) is 4.79 Å². The maximum Gasteiger partial charge on any atom is 0.315 e. The molecule has 1 saturated heterocycles. The first-order chi connectivity index (χ1) is 13.2. The molecule has 1 aromatic carbocycles. The number of nitrogens with zero attached hydrogens (tertiary/aromatic N) is 1. The summed E-state index contributed by atoms with van der Waals surface area (Å²) in [6.45, 7) is 13.5. The van der Waals surface area contributed by atoms with E-state index in [1.807, 2.05) is 19.9 Å². The first-order valence-electron chi connectivity index (χ1n) is 10.8. The molecule has 2 N–H and O–H groups in total. The number of piperidine rings is 1. The molecule has 1 atom stereocenters. The Hall–Kier alpha value is -1.59. The summed E-state index contributed by atoms with van der Waals surface area (Å²) < 4.78 is 0. The van der Waals surface area contributed by atoms with Crippen LogP contribution >= 0.6 is 0 Å². The molecule has 28 heavy (non-hydrogen) atoms. The number of carbonyl (C=O) groups is 1. The molecule has 2 rings (SSSR count). The molecule has 1 heterocycles. The summed E-state index contributed by atoms with van der Waals surface area (Å²) in [7, 11) is 0. The minimum absolute atomic E-state index is 0.0737. The largest absolute Gasteiger partial charge is 0.336 e. The van der Waals surface area contributed by atoms with Crippen molar-refractivity contribution in [3.05, 3.63) is 35.9 Å². The zero-order valence-electron chi connectivity index (χ0n) is 18.5. The van der Waals surface area contributed by atoms with Gasteiger partial charge in [-0.2, -0.15) is 5.06 Å². The van der Waals surface area contributed by atoms with Gasteiger partial charge in [0.2, 0.25) is 0 Å². The highest BCUT2D eigenvalue weighted by atomic mass is 16.7. The number of hydroxylamine groups is 2. The number of rotatable bonds is 8. The zero-order valence-corrected chi connectivity index (χ0v) is 18.5. The lowest BCUT2D eigenvalue weighted by molar-refractivity contribution is -0.293. The van der Waals surface area contributed by atoms with Crippen LogP contribution in [0.2, 0.25) is 0 Å². The van der Waals surface area contributed by atoms with Crippen molar-refractivity contribution in [3.8, 4) is 0 Å². The fraction of sp³-hybridized carbons (Fsp3) is 0.696. The van der Waals surface area contributed by atoms with Crippen molar-refractivity contribution < 1.29 is 9.63 Å². The van der Waals surface area contributed by atoms with Gasteiger partial charge in [0.05, 0.1) is 6.61 Å². The third-order valence-corrected chi connectivity index (χ3v) is 5.88. The van der Waals surface area contributed by atoms with Crippen LogP contribution in [0.3, 0.4) is 0 Å². The first-order valence-corrected chi connectivity index (χ1v) is 10.8. The van der Waals surface area contributed by atoms with E-state index in [1.54, 1.807) is 0 Å². The Kier molecular flexibility index (Phi) is 7.90. The van der Waals surface area contributed by atoms with Gasteiger partial charge in [-0.05, 0) is 65.4 Å². The summed E-state index contributed by atoms with van der Waals surface area (Å²) in [4.78, 5) is 18.7. The molecule has 0 spiro atoms. The lowest BCUT2D eigenvalue weighted by Gasteiger charge is -2.56. The minimum atomic E-state index is -0.156. The summed E-state index contributed by atoms with van der Waals surface area (Å²) in [6, 6.07) is 10.7. The molecule has 158 valence electrons. The van der Waals surface area contributed by atoms with E-state index in [-0.39, 0.29) is 29.2 Å². The second kappa shape index (κ2) is 9.75. The first kappa shape index (κ1) is 22.7. The van der Waals surface area contributed by atoms with E-state index in [4.69, 9.17) is 4.84 Å². The van der Waals surface area contributed by atoms with E-state index in [0.717, 1.165) is 32.1 Å². The normalized spacial score (nSPS) is 21.5. The molecule has 0 radical (unpaired) electrons. The van der Waals surface area contributed by atoms with E-state index in [0.29, 0.717) is 6.61 Å². The topological polar surface area (TPSA) is 53.6 Å². The summed E-state index contributed by atoms with van der Waals surface area (Å²) in [5, 5.41) is 8.40. The molecular weight excluding hydrogens is 350 g/mol. The van der Waals surface area contributed by atoms with Gasteiger partial charge in [0.15, 0.2) is 0 Å². The van der Waals surface area contributed by atoms with Crippen LogP contribution in [0.5, 0.6) is 0 Å². The Labute approximate surface area is 171 Å². The highest BCUT2D eigenvalue weighted by molar-refractivity contribution is 5.74. The minimum Gasteiger partial charge on any atom is -0.336 e. The van der Waals surface area contributed by atoms with E-state index in [2.05, 4.69) is 67.7 Å². The molecule has 1 fully saturated rings. The highest BCUT2D eigenvalue weighted by Gasteiger charge is 2.50. The van der Waals surface area contributed by atoms with Gasteiger partial charge in [0.1, 0.15) is 0 Å². The molecule has 5 heteroatoms. The lowest BCUT2D eigenvalue weighted by atomic mass is 9.74. The molecule has 2 amide bonds. The summed E-state index contributed by atoms with van der Waals surface area (Å²) >= 11 is 0. The molecule has 0 saturated carbocycles. The molecule has 1 aliphatic heterocycles. The van der Waals surface area contributed by atoms with Crippen LogP contribution in [-0.4, -0.2) is 40.9 Å². The molecule has 0 aromatic heterocycles. The Bertz CT molecular complexity index is 612. The van der Waals surface area contributed by atoms with Crippen LogP contribution in [0.25, 0.3) is 0 Å². The average molecular weight is 390 g/mol. The van der Waals surface area contributed by atoms with Crippen LogP contribution in [0, 0.1) is 0 Å². The number of hydrogen-bond donors (Lipinski definition) is 2. The van der Waals surface area contributed by atoms with Crippen LogP contribution in [0.1, 0.15) is 72.8 Å². The van der Waals surface area contributed by atoms with E-state index >= 15 is 0 Å². The number of amides is 2. The zero-order chi connectivity index (χ0) is 20.8. The van der Waals surface area contributed by atoms with Gasteiger partial charge >= 0.3 is 6.03 Å². The second-order valence-corrected chi connectivity index (χ2v) is 8.98. The summed E-state index contributed by atoms with van der Waals surface area (Å²) in [5.74, 6) is 0. The summed E-state index contributed by atoms with van der Waals surface area (Å²) in [5.41, 5.74) is 1.06. The molecule has 1 aromatic rings. The SMILES string of the molecule is CCC1(CC)CC(NC(=O)NC(C)C)CC(C)(C)N1OCCc1ccccc1. The van der Waals surface area contributed by atoms with Crippen molar-refractivity contribution in [3.63, 3.8) is 0 Å². The van der Waals surface area contributed by atoms with Gasteiger partial charge in [-0.15, -0.1) is 0 Å². The predicted octanol–water partition coefficient (Wildman–Crippen LogP) is 4.67. The van der Waals surface area contributed by atoms with Gasteiger partial charge in [-0.1, -0.05) is 44.2 Å². The third kappa shape index (κ3) is 5.71. The number of benzene rings is 1. The van der Waals surface area contributed by atoms with E-state index in [1.165, 1.54) is 5.56 Å². The van der Waals surface area contributed by atoms with Crippen molar-refractivity contribution in [1.29, 1.82) is 0 Å². The van der Waals surface area contributed by atoms with Crippen molar-refractivity contribution >= 4 is 6.03 Å². The number of carbonyl (C=O) groups excluding carboxylic acids is 1. The third-order valence-electron chi connectivity index (χ3n) is 5.88. The smallest absolute Gasteiger partial charge is 0.315 e. The number of nitrogens with one attached hydrogen (secondary N) is 2. The van der Waals surface area contributed by atoms with Crippen molar-refractivity contribution in [2.24, 2.45) is 0 Å². The summed E-state index contributed by atoms with van der Waals surface area (Å²) in [6.07, 6.45) is 4.64. The van der Waals surface area contributed by atoms with E-state index < -0.39 is 0 Å². The molecule has 5 nitrogen and oxygen atoms in total. The number of urea groups is 1. The van der Waals surface area contributed by atoms with Gasteiger partial charge in [-0.25, -0.2) is 4.79 Å². The highest BCUT2D eigenvalue weighted by Crippen LogP contribution is 2.42. The molecular formula is C23H39N3O2. The maximum absolute atomic E-state index is 12.3. The van der Waals surface area contributed by atoms with Gasteiger partial charge in [0.25, 0.3) is 0 Å². The quantitative estimate of drug-likeness (QED) is 0.679. The molecule has 1 aliphatic rings. The standard InChI is InChI=1S/C23H39N3O2/c1-7-23(8-2)17-20(25-21(27)24-18(3)4)16-22(5,6)26(23)28-15-14-19-12-10-9-11-13-19/h9-13,18,20H,7-8,14-17H2,1-6H3,(H2,24,25,27). The van der Waals surface area contributed by atoms with Gasteiger partial charge in [-0.3, -0.25) is 4.84 Å². The Balaban J connectivity index is 2.08. The van der Waals surface area contributed by atoms with Crippen molar-refractivity contribution in [2.45, 2.75) is 96.8 Å². The average Bonchev–Trinajstić information content (AvgIpc) is 2.62. The second-order valence-electron chi connectivity index (χ2n) is 8.98. The number of hydrogen-bond acceptors (Lipinski definition) is 3. The lowest BCUT2D eigenvalue weighted by Crippen LogP contribution is -2.66. The fourth-order valence-corrected chi connectivity index (χ4v) is 4.57. The van der Waals surface area contributed by atoms with Gasteiger partial charge in [0, 0.05) is 23.2 Å². The Morgan fingerprint density at radius 1 is 1.18 bits per heavy atom. The van der Waals surface area contributed by atoms with Crippen LogP contribution in [0.15, 0.2) is 30.3 Å². The van der Waals surface area contributed by atoms with Crippen LogP contribution in [0.4, 0.5) is 4.79 Å². The predicted molar refractivity (Wildman–Crippen MR) is 115 cm³/mol. The van der Waals surface area contributed by atoms with Gasteiger partial charge < -0.3 is 10.6 Å². The molecule has 1 unspecified atom stereocenters. The van der Waals surface area contributed by atoms with Crippen molar-refractivity contribution in [2.75, 3.05) is 6.61 Å². The monoisotopic (exact) mass is 389 g/mol. The van der Waals surface area contributed by atoms with Crippen LogP contribution < -0.4 is 10.6 Å². The molecule has 0 aliphatic carbocycles. The molecule has 0 bridgehead atoms. The Morgan fingerprint density at radius 3 is 2.39 bits per heavy atom. The fourth-order valence-electron chi connectivity index (χ4n) is 4.57. The Morgan fingerprint density at radius 2 is 1.82 bits per heavy atom. The maximum atomic E-state index is 12.3.